The Morgan fingerprint density at radius 3 is 2.33 bits per heavy atom. The molecule has 0 radical (unpaired) electrons. The van der Waals surface area contributed by atoms with Gasteiger partial charge in [-0.1, -0.05) is 44.2 Å². The molecule has 1 saturated heterocycles. The number of rotatable bonds is 5. The monoisotopic (exact) mass is 392 g/mol. The summed E-state index contributed by atoms with van der Waals surface area (Å²) in [5.41, 5.74) is 6.90. The number of carbonyl (C=O) groups is 1. The molecule has 1 aliphatic rings. The van der Waals surface area contributed by atoms with Gasteiger partial charge in [-0.25, -0.2) is 0 Å². The lowest BCUT2D eigenvalue weighted by atomic mass is 9.90. The molecule has 0 spiro atoms. The zero-order valence-electron chi connectivity index (χ0n) is 16.2. The zero-order chi connectivity index (χ0) is 18.7. The molecule has 0 bridgehead atoms. The van der Waals surface area contributed by atoms with Crippen LogP contribution < -0.4 is 5.73 Å². The molecule has 2 unspecified atom stereocenters. The highest BCUT2D eigenvalue weighted by atomic mass is 35.5. The first-order valence-corrected chi connectivity index (χ1v) is 9.36. The number of halogens is 1. The minimum absolute atomic E-state index is 0. The van der Waals surface area contributed by atoms with E-state index in [9.17, 15) is 4.79 Å². The normalized spacial score (nSPS) is 17.4. The average Bonchev–Trinajstić information content (AvgIpc) is 3.12. The van der Waals surface area contributed by atoms with Crippen LogP contribution in [-0.4, -0.2) is 50.1 Å². The second-order valence-corrected chi connectivity index (χ2v) is 7.51. The third kappa shape index (κ3) is 4.84. The van der Waals surface area contributed by atoms with Crippen LogP contribution in [0.25, 0.3) is 11.4 Å². The highest BCUT2D eigenvalue weighted by Gasteiger charge is 2.33. The molecule has 3 rings (SSSR count). The molecule has 8 heteroatoms. The number of hydrogen-bond donors (Lipinski definition) is 1. The maximum Gasteiger partial charge on any atom is 0.249 e. The number of nitrogens with two attached hydrogens (primary N) is 1. The van der Waals surface area contributed by atoms with Crippen molar-refractivity contribution >= 4 is 18.3 Å². The Morgan fingerprint density at radius 1 is 1.15 bits per heavy atom. The molecule has 1 aromatic carbocycles. The minimum atomic E-state index is -0.438. The van der Waals surface area contributed by atoms with E-state index in [1.54, 1.807) is 0 Å². The van der Waals surface area contributed by atoms with Crippen LogP contribution >= 0.6 is 12.4 Å². The van der Waals surface area contributed by atoms with Crippen LogP contribution in [0.15, 0.2) is 30.3 Å². The molecule has 0 saturated carbocycles. The van der Waals surface area contributed by atoms with Gasteiger partial charge in [0.25, 0.3) is 0 Å². The second kappa shape index (κ2) is 9.28. The SMILES string of the molecule is CC(C)C(C(=O)N1CCC(C(C)N)CC1)n1nnc(-c2ccccc2)n1.Cl. The lowest BCUT2D eigenvalue weighted by molar-refractivity contribution is -0.138. The van der Waals surface area contributed by atoms with E-state index in [2.05, 4.69) is 15.4 Å². The van der Waals surface area contributed by atoms with E-state index in [-0.39, 0.29) is 30.3 Å². The largest absolute Gasteiger partial charge is 0.341 e. The summed E-state index contributed by atoms with van der Waals surface area (Å²) in [5.74, 6) is 1.18. The van der Waals surface area contributed by atoms with E-state index < -0.39 is 6.04 Å². The van der Waals surface area contributed by atoms with Crippen LogP contribution in [0.5, 0.6) is 0 Å². The number of carbonyl (C=O) groups excluding carboxylic acids is 1. The summed E-state index contributed by atoms with van der Waals surface area (Å²) in [4.78, 5) is 16.5. The van der Waals surface area contributed by atoms with Gasteiger partial charge < -0.3 is 10.6 Å². The molecule has 1 amide bonds. The summed E-state index contributed by atoms with van der Waals surface area (Å²) >= 11 is 0. The Kier molecular flexibility index (Phi) is 7.33. The Labute approximate surface area is 166 Å². The highest BCUT2D eigenvalue weighted by Crippen LogP contribution is 2.25. The van der Waals surface area contributed by atoms with Gasteiger partial charge in [0.15, 0.2) is 6.04 Å². The van der Waals surface area contributed by atoms with Crippen LogP contribution in [0.1, 0.15) is 39.7 Å². The Bertz CT molecular complexity index is 725. The fraction of sp³-hybridized carbons (Fsp3) is 0.579. The fourth-order valence-electron chi connectivity index (χ4n) is 3.53. The summed E-state index contributed by atoms with van der Waals surface area (Å²) in [6.07, 6.45) is 1.91. The molecule has 27 heavy (non-hydrogen) atoms. The molecular formula is C19H29ClN6O. The molecule has 1 aliphatic heterocycles. The summed E-state index contributed by atoms with van der Waals surface area (Å²) in [6, 6.07) is 9.43. The van der Waals surface area contributed by atoms with Gasteiger partial charge in [-0.15, -0.1) is 22.6 Å². The summed E-state index contributed by atoms with van der Waals surface area (Å²) in [7, 11) is 0. The molecule has 2 atom stereocenters. The van der Waals surface area contributed by atoms with Crippen LogP contribution in [0, 0.1) is 11.8 Å². The number of benzene rings is 1. The highest BCUT2D eigenvalue weighted by molar-refractivity contribution is 5.85. The molecule has 148 valence electrons. The average molecular weight is 393 g/mol. The zero-order valence-corrected chi connectivity index (χ0v) is 17.0. The summed E-state index contributed by atoms with van der Waals surface area (Å²) in [5, 5.41) is 12.8. The van der Waals surface area contributed by atoms with Gasteiger partial charge in [-0.05, 0) is 36.8 Å². The lowest BCUT2D eigenvalue weighted by Crippen LogP contribution is -2.46. The van der Waals surface area contributed by atoms with E-state index >= 15 is 0 Å². The van der Waals surface area contributed by atoms with Crippen LogP contribution in [-0.2, 0) is 4.79 Å². The quantitative estimate of drug-likeness (QED) is 0.844. The molecule has 1 aromatic heterocycles. The van der Waals surface area contributed by atoms with Crippen molar-refractivity contribution in [2.45, 2.75) is 45.7 Å². The number of hydrogen-bond acceptors (Lipinski definition) is 5. The summed E-state index contributed by atoms with van der Waals surface area (Å²) < 4.78 is 0. The maximum absolute atomic E-state index is 13.1. The Balaban J connectivity index is 0.00000261. The van der Waals surface area contributed by atoms with Gasteiger partial charge in [0, 0.05) is 24.7 Å². The van der Waals surface area contributed by atoms with Crippen molar-refractivity contribution in [1.82, 2.24) is 25.1 Å². The van der Waals surface area contributed by atoms with E-state index in [0.717, 1.165) is 31.5 Å². The van der Waals surface area contributed by atoms with Crippen molar-refractivity contribution in [1.29, 1.82) is 0 Å². The Hall–Kier alpha value is -1.99. The van der Waals surface area contributed by atoms with Crippen LogP contribution in [0.3, 0.4) is 0 Å². The Morgan fingerprint density at radius 2 is 1.78 bits per heavy atom. The number of nitrogens with zero attached hydrogens (tertiary/aromatic N) is 5. The molecule has 0 aliphatic carbocycles. The predicted molar refractivity (Wildman–Crippen MR) is 107 cm³/mol. The van der Waals surface area contributed by atoms with Crippen molar-refractivity contribution in [3.63, 3.8) is 0 Å². The number of likely N-dealkylation sites (tertiary alicyclic amines) is 1. The van der Waals surface area contributed by atoms with Crippen molar-refractivity contribution in [2.75, 3.05) is 13.1 Å². The molecule has 2 aromatic rings. The predicted octanol–water partition coefficient (Wildman–Crippen LogP) is 2.54. The van der Waals surface area contributed by atoms with Gasteiger partial charge in [-0.3, -0.25) is 4.79 Å². The molecule has 7 nitrogen and oxygen atoms in total. The summed E-state index contributed by atoms with van der Waals surface area (Å²) in [6.45, 7) is 7.57. The van der Waals surface area contributed by atoms with Gasteiger partial charge in [-0.2, -0.15) is 4.80 Å². The first kappa shape index (κ1) is 21.3. The number of tetrazole rings is 1. The number of amides is 1. The van der Waals surface area contributed by atoms with Gasteiger partial charge in [0.2, 0.25) is 11.7 Å². The van der Waals surface area contributed by atoms with Crippen molar-refractivity contribution in [2.24, 2.45) is 17.6 Å². The van der Waals surface area contributed by atoms with Gasteiger partial charge in [0.05, 0.1) is 0 Å². The first-order chi connectivity index (χ1) is 12.5. The molecule has 1 fully saturated rings. The maximum atomic E-state index is 13.1. The lowest BCUT2D eigenvalue weighted by Gasteiger charge is -2.36. The number of piperidine rings is 1. The van der Waals surface area contributed by atoms with Crippen molar-refractivity contribution in [3.05, 3.63) is 30.3 Å². The van der Waals surface area contributed by atoms with E-state index in [4.69, 9.17) is 5.73 Å². The van der Waals surface area contributed by atoms with Crippen LogP contribution in [0.2, 0.25) is 0 Å². The molecular weight excluding hydrogens is 364 g/mol. The van der Waals surface area contributed by atoms with E-state index in [1.807, 2.05) is 56.0 Å². The van der Waals surface area contributed by atoms with Gasteiger partial charge >= 0.3 is 0 Å². The molecule has 2 heterocycles. The van der Waals surface area contributed by atoms with Crippen LogP contribution in [0.4, 0.5) is 0 Å². The first-order valence-electron chi connectivity index (χ1n) is 9.36. The third-order valence-corrected chi connectivity index (χ3v) is 5.19. The minimum Gasteiger partial charge on any atom is -0.341 e. The second-order valence-electron chi connectivity index (χ2n) is 7.51. The number of aromatic nitrogens is 4. The smallest absolute Gasteiger partial charge is 0.249 e. The van der Waals surface area contributed by atoms with E-state index in [1.165, 1.54) is 4.80 Å². The third-order valence-electron chi connectivity index (χ3n) is 5.19. The van der Waals surface area contributed by atoms with Crippen molar-refractivity contribution < 1.29 is 4.79 Å². The fourth-order valence-corrected chi connectivity index (χ4v) is 3.53. The van der Waals surface area contributed by atoms with Crippen molar-refractivity contribution in [3.8, 4) is 11.4 Å². The van der Waals surface area contributed by atoms with E-state index in [0.29, 0.717) is 11.7 Å². The van der Waals surface area contributed by atoms with Gasteiger partial charge in [0.1, 0.15) is 0 Å². The standard InChI is InChI=1S/C19H28N6O.ClH/c1-13(2)17(19(26)24-11-9-15(10-12-24)14(3)20)25-22-18(21-23-25)16-7-5-4-6-8-16;/h4-8,13-15,17H,9-12,20H2,1-3H3;1H. The molecule has 2 N–H and O–H groups in total. The topological polar surface area (TPSA) is 89.9 Å².